The predicted molar refractivity (Wildman–Crippen MR) is 63.2 cm³/mol. The van der Waals surface area contributed by atoms with Crippen molar-refractivity contribution in [2.45, 2.75) is 18.5 Å². The number of rotatable bonds is 2. The molecule has 6 heteroatoms. The standard InChI is InChI=1S/C12H13ClF3NO/c1-18-11-9(7-2-3-17-6-7)4-8(5-10(11)13)12(14,15)16/h4-5,7,17H,2-3,6H2,1H3. The molecule has 18 heavy (non-hydrogen) atoms. The number of hydrogen-bond acceptors (Lipinski definition) is 2. The van der Waals surface area contributed by atoms with Crippen LogP contribution in [0.25, 0.3) is 0 Å². The van der Waals surface area contributed by atoms with Gasteiger partial charge >= 0.3 is 6.18 Å². The Labute approximate surface area is 108 Å². The van der Waals surface area contributed by atoms with Crippen LogP contribution in [0.2, 0.25) is 5.02 Å². The topological polar surface area (TPSA) is 21.3 Å². The van der Waals surface area contributed by atoms with Gasteiger partial charge in [-0.1, -0.05) is 11.6 Å². The molecular formula is C12H13ClF3NO. The van der Waals surface area contributed by atoms with Crippen LogP contribution >= 0.6 is 11.6 Å². The maximum atomic E-state index is 12.8. The Kier molecular flexibility index (Phi) is 3.73. The van der Waals surface area contributed by atoms with Gasteiger partial charge in [0, 0.05) is 18.0 Å². The summed E-state index contributed by atoms with van der Waals surface area (Å²) in [5, 5.41) is 3.13. The van der Waals surface area contributed by atoms with Gasteiger partial charge in [0.15, 0.2) is 0 Å². The molecule has 2 nitrogen and oxygen atoms in total. The fourth-order valence-electron chi connectivity index (χ4n) is 2.22. The molecule has 0 amide bonds. The summed E-state index contributed by atoms with van der Waals surface area (Å²) in [5.41, 5.74) is -0.197. The molecule has 1 fully saturated rings. The highest BCUT2D eigenvalue weighted by Gasteiger charge is 2.33. The number of halogens is 4. The monoisotopic (exact) mass is 279 g/mol. The summed E-state index contributed by atoms with van der Waals surface area (Å²) in [7, 11) is 1.42. The van der Waals surface area contributed by atoms with E-state index < -0.39 is 11.7 Å². The lowest BCUT2D eigenvalue weighted by atomic mass is 9.95. The van der Waals surface area contributed by atoms with Gasteiger partial charge in [0.2, 0.25) is 0 Å². The average molecular weight is 280 g/mol. The maximum Gasteiger partial charge on any atom is 0.416 e. The van der Waals surface area contributed by atoms with Gasteiger partial charge in [-0.05, 0) is 25.1 Å². The summed E-state index contributed by atoms with van der Waals surface area (Å²) in [4.78, 5) is 0. The Morgan fingerprint density at radius 3 is 2.61 bits per heavy atom. The molecular weight excluding hydrogens is 267 g/mol. The van der Waals surface area contributed by atoms with Crippen molar-refractivity contribution < 1.29 is 17.9 Å². The highest BCUT2D eigenvalue weighted by molar-refractivity contribution is 6.32. The van der Waals surface area contributed by atoms with Crippen LogP contribution in [0.1, 0.15) is 23.5 Å². The molecule has 0 radical (unpaired) electrons. The van der Waals surface area contributed by atoms with Gasteiger partial charge in [0.1, 0.15) is 5.75 Å². The van der Waals surface area contributed by atoms with E-state index in [9.17, 15) is 13.2 Å². The molecule has 1 N–H and O–H groups in total. The lowest BCUT2D eigenvalue weighted by Gasteiger charge is -2.18. The highest BCUT2D eigenvalue weighted by Crippen LogP contribution is 2.41. The quantitative estimate of drug-likeness (QED) is 0.895. The Hall–Kier alpha value is -0.940. The number of methoxy groups -OCH3 is 1. The first-order valence-electron chi connectivity index (χ1n) is 5.59. The third-order valence-electron chi connectivity index (χ3n) is 3.10. The molecule has 1 aromatic rings. The van der Waals surface area contributed by atoms with Crippen molar-refractivity contribution in [1.82, 2.24) is 5.32 Å². The van der Waals surface area contributed by atoms with E-state index in [1.807, 2.05) is 0 Å². The molecule has 1 heterocycles. The Bertz CT molecular complexity index is 442. The minimum Gasteiger partial charge on any atom is -0.495 e. The van der Waals surface area contributed by atoms with Crippen molar-refractivity contribution in [3.8, 4) is 5.75 Å². The fourth-order valence-corrected chi connectivity index (χ4v) is 2.52. The highest BCUT2D eigenvalue weighted by atomic mass is 35.5. The molecule has 100 valence electrons. The predicted octanol–water partition coefficient (Wildman–Crippen LogP) is 3.44. The zero-order valence-electron chi connectivity index (χ0n) is 9.77. The van der Waals surface area contributed by atoms with Crippen LogP contribution in [0.5, 0.6) is 5.75 Å². The van der Waals surface area contributed by atoms with Gasteiger partial charge in [-0.25, -0.2) is 0 Å². The van der Waals surface area contributed by atoms with Crippen molar-refractivity contribution in [2.24, 2.45) is 0 Å². The van der Waals surface area contributed by atoms with E-state index in [1.54, 1.807) is 0 Å². The minimum absolute atomic E-state index is 0.00854. The van der Waals surface area contributed by atoms with Gasteiger partial charge in [-0.15, -0.1) is 0 Å². The summed E-state index contributed by atoms with van der Waals surface area (Å²) in [6, 6.07) is 2.05. The molecule has 1 unspecified atom stereocenters. The third-order valence-corrected chi connectivity index (χ3v) is 3.38. The van der Waals surface area contributed by atoms with Crippen molar-refractivity contribution in [1.29, 1.82) is 0 Å². The maximum absolute atomic E-state index is 12.8. The smallest absolute Gasteiger partial charge is 0.416 e. The second-order valence-electron chi connectivity index (χ2n) is 4.27. The first kappa shape index (κ1) is 13.5. The molecule has 1 aliphatic rings. The van der Waals surface area contributed by atoms with Crippen LogP contribution in [0.3, 0.4) is 0 Å². The molecule has 1 saturated heterocycles. The molecule has 0 aromatic heterocycles. The van der Waals surface area contributed by atoms with Crippen molar-refractivity contribution in [2.75, 3.05) is 20.2 Å². The second-order valence-corrected chi connectivity index (χ2v) is 4.68. The minimum atomic E-state index is -4.39. The first-order valence-corrected chi connectivity index (χ1v) is 5.96. The summed E-state index contributed by atoms with van der Waals surface area (Å²) >= 11 is 5.87. The van der Waals surface area contributed by atoms with Crippen LogP contribution in [0, 0.1) is 0 Å². The van der Waals surface area contributed by atoms with E-state index >= 15 is 0 Å². The third kappa shape index (κ3) is 2.57. The average Bonchev–Trinajstić information content (AvgIpc) is 2.79. The number of alkyl halides is 3. The van der Waals surface area contributed by atoms with E-state index in [-0.39, 0.29) is 10.9 Å². The first-order chi connectivity index (χ1) is 8.43. The van der Waals surface area contributed by atoms with Crippen molar-refractivity contribution in [3.63, 3.8) is 0 Å². The Balaban J connectivity index is 2.50. The van der Waals surface area contributed by atoms with Crippen LogP contribution in [0.4, 0.5) is 13.2 Å². The Morgan fingerprint density at radius 1 is 1.39 bits per heavy atom. The summed E-state index contributed by atoms with van der Waals surface area (Å²) < 4.78 is 43.4. The molecule has 0 spiro atoms. The zero-order valence-corrected chi connectivity index (χ0v) is 10.5. The van der Waals surface area contributed by atoms with E-state index in [2.05, 4.69) is 5.32 Å². The van der Waals surface area contributed by atoms with Crippen LogP contribution in [-0.4, -0.2) is 20.2 Å². The summed E-state index contributed by atoms with van der Waals surface area (Å²) in [6.07, 6.45) is -3.61. The van der Waals surface area contributed by atoms with Crippen LogP contribution < -0.4 is 10.1 Å². The summed E-state index contributed by atoms with van der Waals surface area (Å²) in [6.45, 7) is 1.44. The molecule has 0 aliphatic carbocycles. The molecule has 1 aliphatic heterocycles. The largest absolute Gasteiger partial charge is 0.495 e. The molecule has 1 atom stereocenters. The molecule has 0 saturated carbocycles. The van der Waals surface area contributed by atoms with Crippen molar-refractivity contribution in [3.05, 3.63) is 28.3 Å². The van der Waals surface area contributed by atoms with Gasteiger partial charge in [0.25, 0.3) is 0 Å². The normalized spacial score (nSPS) is 20.2. The van der Waals surface area contributed by atoms with Crippen LogP contribution in [0.15, 0.2) is 12.1 Å². The molecule has 2 rings (SSSR count). The number of benzene rings is 1. The van der Waals surface area contributed by atoms with E-state index in [1.165, 1.54) is 7.11 Å². The lowest BCUT2D eigenvalue weighted by molar-refractivity contribution is -0.137. The van der Waals surface area contributed by atoms with E-state index in [4.69, 9.17) is 16.3 Å². The molecule has 1 aromatic carbocycles. The summed E-state index contributed by atoms with van der Waals surface area (Å²) in [5.74, 6) is 0.359. The van der Waals surface area contributed by atoms with E-state index in [0.717, 1.165) is 25.1 Å². The van der Waals surface area contributed by atoms with Crippen LogP contribution in [-0.2, 0) is 6.18 Å². The SMILES string of the molecule is COc1c(Cl)cc(C(F)(F)F)cc1C1CCNC1. The van der Waals surface area contributed by atoms with E-state index in [0.29, 0.717) is 17.9 Å². The van der Waals surface area contributed by atoms with Crippen molar-refractivity contribution >= 4 is 11.6 Å². The molecule has 0 bridgehead atoms. The Morgan fingerprint density at radius 2 is 2.11 bits per heavy atom. The number of nitrogens with one attached hydrogen (secondary N) is 1. The fraction of sp³-hybridized carbons (Fsp3) is 0.500. The lowest BCUT2D eigenvalue weighted by Crippen LogP contribution is -2.11. The number of hydrogen-bond donors (Lipinski definition) is 1. The second kappa shape index (κ2) is 4.97. The van der Waals surface area contributed by atoms with Gasteiger partial charge in [0.05, 0.1) is 17.7 Å². The van der Waals surface area contributed by atoms with Gasteiger partial charge < -0.3 is 10.1 Å². The number of ether oxygens (including phenoxy) is 1. The zero-order chi connectivity index (χ0) is 13.3. The van der Waals surface area contributed by atoms with Gasteiger partial charge in [-0.3, -0.25) is 0 Å². The van der Waals surface area contributed by atoms with Gasteiger partial charge in [-0.2, -0.15) is 13.2 Å².